The van der Waals surface area contributed by atoms with Crippen LogP contribution in [0, 0.1) is 0 Å². The van der Waals surface area contributed by atoms with Crippen LogP contribution in [0.15, 0.2) is 86.2 Å². The number of esters is 1. The van der Waals surface area contributed by atoms with E-state index in [-0.39, 0.29) is 18.8 Å². The van der Waals surface area contributed by atoms with Crippen LogP contribution in [-0.4, -0.2) is 24.3 Å². The number of halogens is 3. The van der Waals surface area contributed by atoms with Gasteiger partial charge in [0.05, 0.1) is 40.0 Å². The summed E-state index contributed by atoms with van der Waals surface area (Å²) in [6, 6.07) is 17.6. The Bertz CT molecular complexity index is 1890. The molecule has 7 nitrogen and oxygen atoms in total. The van der Waals surface area contributed by atoms with Gasteiger partial charge in [-0.3, -0.25) is 9.36 Å². The molecule has 2 heterocycles. The Morgan fingerprint density at radius 1 is 1.14 bits per heavy atom. The first-order chi connectivity index (χ1) is 20.2. The minimum Gasteiger partial charge on any atom is -0.493 e. The molecule has 1 atom stereocenters. The summed E-state index contributed by atoms with van der Waals surface area (Å²) >= 11 is 17.1. The number of carbonyl (C=O) groups is 1. The van der Waals surface area contributed by atoms with Crippen LogP contribution in [-0.2, 0) is 16.1 Å². The molecule has 0 saturated carbocycles. The zero-order valence-electron chi connectivity index (χ0n) is 22.8. The third kappa shape index (κ3) is 6.06. The first kappa shape index (κ1) is 30.1. The molecule has 4 aromatic rings. The predicted molar refractivity (Wildman–Crippen MR) is 168 cm³/mol. The fraction of sp³-hybridized carbons (Fsp3) is 0.194. The highest BCUT2D eigenvalue weighted by atomic mass is 79.9. The van der Waals surface area contributed by atoms with Crippen molar-refractivity contribution in [2.75, 3.05) is 13.7 Å². The summed E-state index contributed by atoms with van der Waals surface area (Å²) in [5, 5.41) is 1.04. The molecule has 0 saturated heterocycles. The molecule has 216 valence electrons. The number of methoxy groups -OCH3 is 1. The molecule has 0 aliphatic carbocycles. The van der Waals surface area contributed by atoms with Gasteiger partial charge < -0.3 is 14.2 Å². The van der Waals surface area contributed by atoms with E-state index in [4.69, 9.17) is 37.4 Å². The van der Waals surface area contributed by atoms with Crippen LogP contribution in [0.25, 0.3) is 6.08 Å². The first-order valence-corrected chi connectivity index (χ1v) is 15.3. The number of fused-ring (bicyclic) bond motifs is 1. The number of hydrogen-bond acceptors (Lipinski definition) is 7. The maximum Gasteiger partial charge on any atom is 0.338 e. The molecule has 1 aliphatic rings. The summed E-state index contributed by atoms with van der Waals surface area (Å²) in [4.78, 5) is 32.0. The maximum absolute atomic E-state index is 13.9. The van der Waals surface area contributed by atoms with Crippen molar-refractivity contribution in [3.8, 4) is 11.5 Å². The molecule has 0 unspecified atom stereocenters. The van der Waals surface area contributed by atoms with E-state index in [1.807, 2.05) is 36.4 Å². The number of nitrogens with zero attached hydrogens (tertiary/aromatic N) is 2. The fourth-order valence-corrected chi connectivity index (χ4v) is 6.73. The smallest absolute Gasteiger partial charge is 0.338 e. The van der Waals surface area contributed by atoms with Crippen molar-refractivity contribution in [2.45, 2.75) is 26.5 Å². The number of benzene rings is 3. The van der Waals surface area contributed by atoms with Crippen LogP contribution < -0.4 is 24.4 Å². The normalized spacial score (nSPS) is 14.8. The predicted octanol–water partition coefficient (Wildman–Crippen LogP) is 6.46. The van der Waals surface area contributed by atoms with Crippen molar-refractivity contribution in [3.63, 3.8) is 0 Å². The maximum atomic E-state index is 13.9. The average molecular weight is 688 g/mol. The third-order valence-electron chi connectivity index (χ3n) is 6.57. The summed E-state index contributed by atoms with van der Waals surface area (Å²) in [6.45, 7) is 3.92. The summed E-state index contributed by atoms with van der Waals surface area (Å²) in [7, 11) is 1.54. The van der Waals surface area contributed by atoms with E-state index in [2.05, 4.69) is 20.9 Å². The minimum atomic E-state index is -0.666. The lowest BCUT2D eigenvalue weighted by Gasteiger charge is -2.24. The van der Waals surface area contributed by atoms with Crippen molar-refractivity contribution in [2.24, 2.45) is 4.99 Å². The van der Waals surface area contributed by atoms with Gasteiger partial charge in [-0.1, -0.05) is 70.9 Å². The number of hydrogen-bond donors (Lipinski definition) is 0. The Hall–Kier alpha value is -3.37. The summed E-state index contributed by atoms with van der Waals surface area (Å²) in [5.41, 5.74) is 2.85. The summed E-state index contributed by atoms with van der Waals surface area (Å²) < 4.78 is 19.7. The SMILES string of the molecule is CCOC(=O)C1=C(C)N=c2s/c(=C\c3cc(Br)c(OCc4ccc(Cl)cc4Cl)c(OC)c3)c(=O)n2[C@H]1c1ccccc1. The minimum absolute atomic E-state index is 0.199. The van der Waals surface area contributed by atoms with Gasteiger partial charge in [-0.15, -0.1) is 0 Å². The van der Waals surface area contributed by atoms with Gasteiger partial charge in [-0.2, -0.15) is 0 Å². The van der Waals surface area contributed by atoms with E-state index in [0.29, 0.717) is 52.2 Å². The molecule has 0 N–H and O–H groups in total. The highest BCUT2D eigenvalue weighted by molar-refractivity contribution is 9.10. The zero-order chi connectivity index (χ0) is 30.0. The van der Waals surface area contributed by atoms with Gasteiger partial charge in [0.2, 0.25) is 0 Å². The summed E-state index contributed by atoms with van der Waals surface area (Å²) in [5.74, 6) is 0.461. The topological polar surface area (TPSA) is 79.1 Å². The van der Waals surface area contributed by atoms with Crippen LogP contribution in [0.3, 0.4) is 0 Å². The standard InChI is InChI=1S/C31H25BrCl2N2O5S/c1-4-40-30(38)26-17(2)35-31-36(27(26)19-8-6-5-7-9-19)29(37)25(42-31)14-18-12-22(32)28(24(13-18)39-3)41-16-20-10-11-21(33)15-23(20)34/h5-15,27H,4,16H2,1-3H3/b25-14-/t27-/m0/s1. The molecular weight excluding hydrogens is 663 g/mol. The quantitative estimate of drug-likeness (QED) is 0.199. The van der Waals surface area contributed by atoms with Gasteiger partial charge in [0.15, 0.2) is 16.3 Å². The molecule has 1 aliphatic heterocycles. The first-order valence-electron chi connectivity index (χ1n) is 12.9. The number of allylic oxidation sites excluding steroid dienone is 1. The van der Waals surface area contributed by atoms with Gasteiger partial charge in [-0.05, 0) is 71.2 Å². The molecule has 5 rings (SSSR count). The Kier molecular flexibility index (Phi) is 9.22. The zero-order valence-corrected chi connectivity index (χ0v) is 26.7. The fourth-order valence-electron chi connectivity index (χ4n) is 4.65. The number of thiazole rings is 1. The molecule has 0 amide bonds. The Balaban J connectivity index is 1.56. The van der Waals surface area contributed by atoms with Gasteiger partial charge in [0.25, 0.3) is 5.56 Å². The lowest BCUT2D eigenvalue weighted by molar-refractivity contribution is -0.139. The van der Waals surface area contributed by atoms with Gasteiger partial charge in [-0.25, -0.2) is 9.79 Å². The molecule has 42 heavy (non-hydrogen) atoms. The second-order valence-corrected chi connectivity index (χ2v) is 12.0. The van der Waals surface area contributed by atoms with Crippen molar-refractivity contribution in [3.05, 3.63) is 123 Å². The van der Waals surface area contributed by atoms with Crippen molar-refractivity contribution < 1.29 is 19.0 Å². The largest absolute Gasteiger partial charge is 0.493 e. The number of ether oxygens (including phenoxy) is 3. The molecular formula is C31H25BrCl2N2O5S. The van der Waals surface area contributed by atoms with Crippen molar-refractivity contribution in [1.82, 2.24) is 4.57 Å². The second kappa shape index (κ2) is 12.9. The van der Waals surface area contributed by atoms with Crippen LogP contribution in [0.4, 0.5) is 0 Å². The molecule has 1 aromatic heterocycles. The second-order valence-electron chi connectivity index (χ2n) is 9.27. The monoisotopic (exact) mass is 686 g/mol. The summed E-state index contributed by atoms with van der Waals surface area (Å²) in [6.07, 6.45) is 1.77. The van der Waals surface area contributed by atoms with Gasteiger partial charge >= 0.3 is 5.97 Å². The Labute approximate surface area is 264 Å². The number of rotatable bonds is 8. The van der Waals surface area contributed by atoms with E-state index in [1.165, 1.54) is 11.3 Å². The molecule has 3 aromatic carbocycles. The molecule has 0 bridgehead atoms. The average Bonchev–Trinajstić information content (AvgIpc) is 3.26. The highest BCUT2D eigenvalue weighted by Gasteiger charge is 2.33. The van der Waals surface area contributed by atoms with E-state index in [9.17, 15) is 9.59 Å². The Morgan fingerprint density at radius 2 is 1.90 bits per heavy atom. The lowest BCUT2D eigenvalue weighted by atomic mass is 9.96. The van der Waals surface area contributed by atoms with E-state index >= 15 is 0 Å². The van der Waals surface area contributed by atoms with Gasteiger partial charge in [0, 0.05) is 15.6 Å². The van der Waals surface area contributed by atoms with E-state index < -0.39 is 12.0 Å². The molecule has 0 fully saturated rings. The highest BCUT2D eigenvalue weighted by Crippen LogP contribution is 2.38. The lowest BCUT2D eigenvalue weighted by Crippen LogP contribution is -2.39. The van der Waals surface area contributed by atoms with Crippen LogP contribution in [0.2, 0.25) is 10.0 Å². The molecule has 0 spiro atoms. The molecule has 0 radical (unpaired) electrons. The number of carbonyl (C=O) groups excluding carboxylic acids is 1. The van der Waals surface area contributed by atoms with E-state index in [1.54, 1.807) is 55.9 Å². The number of aromatic nitrogens is 1. The third-order valence-corrected chi connectivity index (χ3v) is 8.73. The van der Waals surface area contributed by atoms with Crippen LogP contribution in [0.5, 0.6) is 11.5 Å². The van der Waals surface area contributed by atoms with Crippen LogP contribution >= 0.6 is 50.5 Å². The molecule has 11 heteroatoms. The van der Waals surface area contributed by atoms with Crippen molar-refractivity contribution >= 4 is 62.5 Å². The Morgan fingerprint density at radius 3 is 2.60 bits per heavy atom. The van der Waals surface area contributed by atoms with Crippen molar-refractivity contribution in [1.29, 1.82) is 0 Å². The van der Waals surface area contributed by atoms with E-state index in [0.717, 1.165) is 11.1 Å². The van der Waals surface area contributed by atoms with Crippen LogP contribution in [0.1, 0.15) is 36.6 Å². The van der Waals surface area contributed by atoms with Gasteiger partial charge in [0.1, 0.15) is 6.61 Å².